The van der Waals surface area contributed by atoms with Gasteiger partial charge in [0.15, 0.2) is 0 Å². The lowest BCUT2D eigenvalue weighted by atomic mass is 10.0. The fourth-order valence-corrected chi connectivity index (χ4v) is 3.85. The first-order chi connectivity index (χ1) is 10.8. The molecule has 7 heteroatoms. The lowest BCUT2D eigenvalue weighted by Crippen LogP contribution is -2.22. The van der Waals surface area contributed by atoms with Crippen molar-refractivity contribution in [3.8, 4) is 0 Å². The summed E-state index contributed by atoms with van der Waals surface area (Å²) in [5.41, 5.74) is 1.89. The maximum atomic E-state index is 12.5. The highest BCUT2D eigenvalue weighted by Crippen LogP contribution is 2.37. The van der Waals surface area contributed by atoms with Crippen LogP contribution in [-0.2, 0) is 14.8 Å². The number of sulfonamides is 1. The zero-order chi connectivity index (χ0) is 16.8. The number of carbonyl (C=O) groups excluding carboxylic acids is 1. The lowest BCUT2D eigenvalue weighted by Gasteiger charge is -2.12. The van der Waals surface area contributed by atoms with Crippen molar-refractivity contribution < 1.29 is 13.2 Å². The van der Waals surface area contributed by atoms with Gasteiger partial charge in [-0.3, -0.25) is 9.52 Å². The second-order valence-corrected chi connectivity index (χ2v) is 7.57. The van der Waals surface area contributed by atoms with Crippen molar-refractivity contribution in [1.29, 1.82) is 0 Å². The quantitative estimate of drug-likeness (QED) is 0.924. The summed E-state index contributed by atoms with van der Waals surface area (Å²) in [5.74, 6) is -0.388. The van der Waals surface area contributed by atoms with E-state index < -0.39 is 10.0 Å². The molecule has 1 aliphatic rings. The monoisotopic (exact) mass is 350 g/mol. The van der Waals surface area contributed by atoms with E-state index in [1.54, 1.807) is 55.3 Å². The second-order valence-electron chi connectivity index (χ2n) is 5.45. The van der Waals surface area contributed by atoms with Gasteiger partial charge >= 0.3 is 0 Å². The number of carbonyl (C=O) groups is 1. The molecule has 0 bridgehead atoms. The van der Waals surface area contributed by atoms with Crippen LogP contribution in [0.5, 0.6) is 0 Å². The molecule has 1 atom stereocenters. The van der Waals surface area contributed by atoms with E-state index in [1.807, 2.05) is 0 Å². The number of hydrogen-bond acceptors (Lipinski definition) is 3. The minimum atomic E-state index is -3.73. The van der Waals surface area contributed by atoms with Gasteiger partial charge in [0.1, 0.15) is 0 Å². The number of nitrogens with one attached hydrogen (secondary N) is 1. The molecule has 0 aromatic heterocycles. The molecule has 2 aromatic rings. The summed E-state index contributed by atoms with van der Waals surface area (Å²) in [6, 6.07) is 11.1. The third-order valence-electron chi connectivity index (χ3n) is 3.93. The van der Waals surface area contributed by atoms with E-state index in [0.717, 1.165) is 11.3 Å². The second kappa shape index (κ2) is 5.54. The third kappa shape index (κ3) is 2.80. The Hall–Kier alpha value is -2.05. The van der Waals surface area contributed by atoms with Gasteiger partial charge in [-0.15, -0.1) is 0 Å². The van der Waals surface area contributed by atoms with E-state index in [4.69, 9.17) is 11.6 Å². The van der Waals surface area contributed by atoms with E-state index in [2.05, 4.69) is 4.72 Å². The number of anilines is 2. The van der Waals surface area contributed by atoms with Crippen LogP contribution in [0.1, 0.15) is 18.4 Å². The van der Waals surface area contributed by atoms with Crippen LogP contribution in [0.3, 0.4) is 0 Å². The summed E-state index contributed by atoms with van der Waals surface area (Å²) in [6.07, 6.45) is 0. The third-order valence-corrected chi connectivity index (χ3v) is 5.57. The molecule has 3 rings (SSSR count). The summed E-state index contributed by atoms with van der Waals surface area (Å²) in [4.78, 5) is 13.7. The summed E-state index contributed by atoms with van der Waals surface area (Å²) < 4.78 is 27.5. The molecule has 1 N–H and O–H groups in total. The van der Waals surface area contributed by atoms with Gasteiger partial charge in [0.25, 0.3) is 10.0 Å². The van der Waals surface area contributed by atoms with E-state index in [9.17, 15) is 13.2 Å². The number of hydrogen-bond donors (Lipinski definition) is 1. The molecule has 120 valence electrons. The number of nitrogens with zero attached hydrogens (tertiary/aromatic N) is 1. The summed E-state index contributed by atoms with van der Waals surface area (Å²) >= 11 is 5.79. The van der Waals surface area contributed by atoms with Crippen LogP contribution in [0.25, 0.3) is 0 Å². The summed E-state index contributed by atoms with van der Waals surface area (Å²) in [7, 11) is -2.04. The first-order valence-corrected chi connectivity index (χ1v) is 8.85. The van der Waals surface area contributed by atoms with Crippen molar-refractivity contribution in [3.05, 3.63) is 53.1 Å². The van der Waals surface area contributed by atoms with Gasteiger partial charge in [-0.1, -0.05) is 11.6 Å². The highest BCUT2D eigenvalue weighted by Gasteiger charge is 2.32. The predicted octanol–water partition coefficient (Wildman–Crippen LogP) is 3.22. The van der Waals surface area contributed by atoms with E-state index in [0.29, 0.717) is 10.7 Å². The number of benzene rings is 2. The van der Waals surface area contributed by atoms with Gasteiger partial charge in [0.2, 0.25) is 5.91 Å². The molecule has 0 saturated heterocycles. The van der Waals surface area contributed by atoms with Crippen LogP contribution in [0.2, 0.25) is 5.02 Å². The zero-order valence-corrected chi connectivity index (χ0v) is 14.1. The van der Waals surface area contributed by atoms with E-state index in [-0.39, 0.29) is 16.7 Å². The molecule has 1 unspecified atom stereocenters. The minimum absolute atomic E-state index is 0.0415. The van der Waals surface area contributed by atoms with Crippen molar-refractivity contribution in [1.82, 2.24) is 0 Å². The first-order valence-electron chi connectivity index (χ1n) is 6.99. The summed E-state index contributed by atoms with van der Waals surface area (Å²) in [6.45, 7) is 1.77. The molecule has 2 aromatic carbocycles. The van der Waals surface area contributed by atoms with Gasteiger partial charge < -0.3 is 4.90 Å². The molecule has 1 heterocycles. The zero-order valence-electron chi connectivity index (χ0n) is 12.6. The number of amides is 1. The first kappa shape index (κ1) is 15.8. The molecule has 1 aliphatic heterocycles. The predicted molar refractivity (Wildman–Crippen MR) is 90.5 cm³/mol. The Kier molecular flexibility index (Phi) is 3.82. The normalized spacial score (nSPS) is 17.3. The lowest BCUT2D eigenvalue weighted by molar-refractivity contribution is -0.118. The van der Waals surface area contributed by atoms with E-state index >= 15 is 0 Å². The van der Waals surface area contributed by atoms with Gasteiger partial charge in [0.05, 0.1) is 10.8 Å². The average Bonchev–Trinajstić information content (AvgIpc) is 2.74. The van der Waals surface area contributed by atoms with Crippen molar-refractivity contribution in [2.75, 3.05) is 16.7 Å². The minimum Gasteiger partial charge on any atom is -0.315 e. The molecular weight excluding hydrogens is 336 g/mol. The fraction of sp³-hybridized carbons (Fsp3) is 0.188. The number of rotatable bonds is 3. The van der Waals surface area contributed by atoms with Crippen molar-refractivity contribution in [2.24, 2.45) is 0 Å². The van der Waals surface area contributed by atoms with Crippen LogP contribution >= 0.6 is 11.6 Å². The van der Waals surface area contributed by atoms with Crippen LogP contribution in [-0.4, -0.2) is 21.4 Å². The molecule has 0 fully saturated rings. The number of halogens is 1. The van der Waals surface area contributed by atoms with Crippen LogP contribution in [0, 0.1) is 0 Å². The molecule has 0 saturated carbocycles. The summed E-state index contributed by atoms with van der Waals surface area (Å²) in [5, 5.41) is 0.529. The van der Waals surface area contributed by atoms with Gasteiger partial charge in [-0.25, -0.2) is 8.42 Å². The number of fused-ring (bicyclic) bond motifs is 1. The SMILES string of the molecule is CC1C(=O)N(C)c2ccc(S(=O)(=O)Nc3ccc(Cl)cc3)cc21. The van der Waals surface area contributed by atoms with Gasteiger partial charge in [0, 0.05) is 23.4 Å². The average molecular weight is 351 g/mol. The molecule has 5 nitrogen and oxygen atoms in total. The van der Waals surface area contributed by atoms with Crippen LogP contribution in [0.4, 0.5) is 11.4 Å². The maximum absolute atomic E-state index is 12.5. The van der Waals surface area contributed by atoms with Crippen molar-refractivity contribution in [3.63, 3.8) is 0 Å². The van der Waals surface area contributed by atoms with Gasteiger partial charge in [-0.05, 0) is 55.0 Å². The number of likely N-dealkylation sites (N-methyl/N-ethyl adjacent to an activating group) is 1. The standard InChI is InChI=1S/C16H15ClN2O3S/c1-10-14-9-13(7-8-15(14)19(2)16(10)20)23(21,22)18-12-5-3-11(17)4-6-12/h3-10,18H,1-2H3. The Morgan fingerprint density at radius 2 is 1.78 bits per heavy atom. The molecule has 23 heavy (non-hydrogen) atoms. The smallest absolute Gasteiger partial charge is 0.261 e. The Morgan fingerprint density at radius 3 is 2.43 bits per heavy atom. The molecule has 1 amide bonds. The fourth-order valence-electron chi connectivity index (χ4n) is 2.63. The maximum Gasteiger partial charge on any atom is 0.261 e. The van der Waals surface area contributed by atoms with Gasteiger partial charge in [-0.2, -0.15) is 0 Å². The van der Waals surface area contributed by atoms with Crippen molar-refractivity contribution >= 4 is 38.9 Å². The Labute approximate surface area is 139 Å². The Balaban J connectivity index is 1.96. The van der Waals surface area contributed by atoms with Crippen molar-refractivity contribution in [2.45, 2.75) is 17.7 Å². The highest BCUT2D eigenvalue weighted by atomic mass is 35.5. The highest BCUT2D eigenvalue weighted by molar-refractivity contribution is 7.92. The Bertz CT molecular complexity index is 879. The largest absolute Gasteiger partial charge is 0.315 e. The Morgan fingerprint density at radius 1 is 1.13 bits per heavy atom. The molecule has 0 spiro atoms. The molecule has 0 aliphatic carbocycles. The van der Waals surface area contributed by atoms with Crippen LogP contribution in [0.15, 0.2) is 47.4 Å². The molecule has 0 radical (unpaired) electrons. The van der Waals surface area contributed by atoms with E-state index in [1.165, 1.54) is 6.07 Å². The topological polar surface area (TPSA) is 66.5 Å². The molecular formula is C16H15ClN2O3S. The van der Waals surface area contributed by atoms with Crippen LogP contribution < -0.4 is 9.62 Å².